The van der Waals surface area contributed by atoms with Crippen molar-refractivity contribution in [2.75, 3.05) is 18.4 Å². The quantitative estimate of drug-likeness (QED) is 0.220. The highest BCUT2D eigenvalue weighted by atomic mass is 32.2. The number of fused-ring (bicyclic) bond motifs is 1. The molecule has 0 aliphatic rings. The maximum atomic E-state index is 13.5. The van der Waals surface area contributed by atoms with Crippen molar-refractivity contribution < 1.29 is 18.0 Å². The van der Waals surface area contributed by atoms with Crippen LogP contribution in [0.4, 0.5) is 5.69 Å². The van der Waals surface area contributed by atoms with Gasteiger partial charge < -0.3 is 10.6 Å². The van der Waals surface area contributed by atoms with Crippen molar-refractivity contribution in [2.24, 2.45) is 5.92 Å². The smallest absolute Gasteiger partial charge is 0.255 e. The monoisotopic (exact) mass is 567 g/mol. The number of Topliss-reactive ketones (excluding diaryl/α,β-unsaturated/α-hetero) is 1. The average Bonchev–Trinajstić information content (AvgIpc) is 2.93. The zero-order valence-corrected chi connectivity index (χ0v) is 25.5. The van der Waals surface area contributed by atoms with Crippen molar-refractivity contribution >= 4 is 38.2 Å². The van der Waals surface area contributed by atoms with E-state index in [9.17, 15) is 18.0 Å². The van der Waals surface area contributed by atoms with E-state index in [0.717, 1.165) is 37.8 Å². The molecule has 7 nitrogen and oxygen atoms in total. The van der Waals surface area contributed by atoms with E-state index in [1.54, 1.807) is 31.2 Å². The number of amides is 1. The van der Waals surface area contributed by atoms with Crippen LogP contribution in [0.25, 0.3) is 10.8 Å². The number of carbonyl (C=O) groups excluding carboxylic acids is 2. The number of ketones is 1. The highest BCUT2D eigenvalue weighted by Gasteiger charge is 2.26. The first-order valence-corrected chi connectivity index (χ1v) is 15.7. The Morgan fingerprint density at radius 3 is 2.02 bits per heavy atom. The van der Waals surface area contributed by atoms with Crippen molar-refractivity contribution in [1.29, 1.82) is 0 Å². The Morgan fingerprint density at radius 2 is 1.48 bits per heavy atom. The van der Waals surface area contributed by atoms with E-state index in [1.165, 1.54) is 0 Å². The predicted molar refractivity (Wildman–Crippen MR) is 165 cm³/mol. The fourth-order valence-electron chi connectivity index (χ4n) is 4.76. The third kappa shape index (κ3) is 9.25. The summed E-state index contributed by atoms with van der Waals surface area (Å²) in [5.74, 6) is 0.268. The molecule has 0 heterocycles. The molecule has 0 radical (unpaired) electrons. The molecular formula is C32H45N3O4S. The van der Waals surface area contributed by atoms with Gasteiger partial charge in [-0.2, -0.15) is 0 Å². The number of nitrogens with one attached hydrogen (secondary N) is 3. The number of rotatable bonds is 13. The van der Waals surface area contributed by atoms with E-state index in [1.807, 2.05) is 50.2 Å². The zero-order valence-electron chi connectivity index (χ0n) is 24.7. The fourth-order valence-corrected chi connectivity index (χ4v) is 6.31. The van der Waals surface area contributed by atoms with Crippen molar-refractivity contribution in [1.82, 2.24) is 10.0 Å². The molecule has 40 heavy (non-hydrogen) atoms. The Morgan fingerprint density at radius 1 is 0.850 bits per heavy atom. The third-order valence-electron chi connectivity index (χ3n) is 6.96. The summed E-state index contributed by atoms with van der Waals surface area (Å²) in [4.78, 5) is 23.3. The molecule has 8 heteroatoms. The van der Waals surface area contributed by atoms with Gasteiger partial charge in [0.1, 0.15) is 5.78 Å². The average molecular weight is 568 g/mol. The molecule has 3 aromatic carbocycles. The van der Waals surface area contributed by atoms with Crippen LogP contribution in [0.15, 0.2) is 65.6 Å². The minimum absolute atomic E-state index is 0.103. The largest absolute Gasteiger partial charge is 0.321 e. The molecule has 0 aromatic heterocycles. The SMILES string of the molecule is CCC[C@H](NS(=O)(=O)c1ccc(NC(=O)c2ccccc2C)c2ccccc12)C(CC)CC.CCNCC(C)=O. The summed E-state index contributed by atoms with van der Waals surface area (Å²) in [5, 5.41) is 7.14. The molecule has 0 saturated heterocycles. The van der Waals surface area contributed by atoms with Crippen molar-refractivity contribution in [3.63, 3.8) is 0 Å². The minimum Gasteiger partial charge on any atom is -0.321 e. The second-order valence-corrected chi connectivity index (χ2v) is 11.7. The van der Waals surface area contributed by atoms with Gasteiger partial charge in [0, 0.05) is 28.1 Å². The number of sulfonamides is 1. The van der Waals surface area contributed by atoms with Gasteiger partial charge in [-0.05, 0) is 56.5 Å². The van der Waals surface area contributed by atoms with Gasteiger partial charge in [0.05, 0.1) is 11.4 Å². The first kappa shape index (κ1) is 33.1. The molecule has 0 bridgehead atoms. The van der Waals surface area contributed by atoms with Gasteiger partial charge in [-0.3, -0.25) is 9.59 Å². The molecule has 3 N–H and O–H groups in total. The summed E-state index contributed by atoms with van der Waals surface area (Å²) in [6.07, 6.45) is 3.56. The number of hydrogen-bond donors (Lipinski definition) is 3. The van der Waals surface area contributed by atoms with Crippen LogP contribution in [0.2, 0.25) is 0 Å². The van der Waals surface area contributed by atoms with Crippen LogP contribution in [-0.2, 0) is 14.8 Å². The molecule has 0 aliphatic carbocycles. The highest BCUT2D eigenvalue weighted by Crippen LogP contribution is 2.31. The van der Waals surface area contributed by atoms with E-state index in [2.05, 4.69) is 36.1 Å². The van der Waals surface area contributed by atoms with Gasteiger partial charge >= 0.3 is 0 Å². The van der Waals surface area contributed by atoms with Crippen LogP contribution < -0.4 is 15.4 Å². The molecular weight excluding hydrogens is 522 g/mol. The number of anilines is 1. The Kier molecular flexibility index (Phi) is 13.5. The summed E-state index contributed by atoms with van der Waals surface area (Å²) in [5.41, 5.74) is 2.06. The molecule has 1 atom stereocenters. The topological polar surface area (TPSA) is 104 Å². The van der Waals surface area contributed by atoms with Crippen LogP contribution in [0.3, 0.4) is 0 Å². The standard InChI is InChI=1S/C27H34N2O3S.C5H11NO/c1-5-12-24(20(6-2)7-3)29-33(31,32)26-18-17-25(22-15-10-11-16-23(22)26)28-27(30)21-14-9-8-13-19(21)4;1-3-6-4-5(2)7/h8-11,13-18,20,24,29H,5-7,12H2,1-4H3,(H,28,30);6H,3-4H2,1-2H3/t24-;/m0./s1. The van der Waals surface area contributed by atoms with Gasteiger partial charge in [-0.1, -0.05) is 89.4 Å². The molecule has 0 saturated carbocycles. The Hall–Kier alpha value is -3.07. The Labute approximate surface area is 240 Å². The third-order valence-corrected chi connectivity index (χ3v) is 8.51. The maximum Gasteiger partial charge on any atom is 0.255 e. The van der Waals surface area contributed by atoms with Crippen LogP contribution in [0.1, 0.15) is 76.2 Å². The molecule has 0 unspecified atom stereocenters. The van der Waals surface area contributed by atoms with Gasteiger partial charge in [0.25, 0.3) is 5.91 Å². The lowest BCUT2D eigenvalue weighted by atomic mass is 9.92. The number of likely N-dealkylation sites (N-methyl/N-ethyl adjacent to an activating group) is 1. The van der Waals surface area contributed by atoms with Crippen LogP contribution in [-0.4, -0.2) is 39.2 Å². The van der Waals surface area contributed by atoms with E-state index in [-0.39, 0.29) is 22.6 Å². The normalized spacial score (nSPS) is 12.1. The molecule has 218 valence electrons. The molecule has 0 spiro atoms. The zero-order chi connectivity index (χ0) is 29.7. The second-order valence-electron chi connectivity index (χ2n) is 10.0. The van der Waals surface area contributed by atoms with E-state index < -0.39 is 10.0 Å². The van der Waals surface area contributed by atoms with Crippen molar-refractivity contribution in [2.45, 2.75) is 78.2 Å². The van der Waals surface area contributed by atoms with Crippen LogP contribution in [0, 0.1) is 12.8 Å². The van der Waals surface area contributed by atoms with Gasteiger partial charge in [-0.25, -0.2) is 13.1 Å². The van der Waals surface area contributed by atoms with Crippen molar-refractivity contribution in [3.8, 4) is 0 Å². The van der Waals surface area contributed by atoms with Gasteiger partial charge in [0.15, 0.2) is 0 Å². The summed E-state index contributed by atoms with van der Waals surface area (Å²) in [7, 11) is -3.74. The van der Waals surface area contributed by atoms with Gasteiger partial charge in [-0.15, -0.1) is 0 Å². The van der Waals surface area contributed by atoms with E-state index >= 15 is 0 Å². The molecule has 3 aromatic rings. The van der Waals surface area contributed by atoms with E-state index in [4.69, 9.17) is 0 Å². The lowest BCUT2D eigenvalue weighted by Gasteiger charge is -2.26. The molecule has 3 rings (SSSR count). The molecule has 1 amide bonds. The number of benzene rings is 3. The molecule has 0 fully saturated rings. The van der Waals surface area contributed by atoms with E-state index in [0.29, 0.717) is 34.5 Å². The second kappa shape index (κ2) is 16.3. The molecule has 0 aliphatic heterocycles. The van der Waals surface area contributed by atoms with Crippen molar-refractivity contribution in [3.05, 3.63) is 71.8 Å². The first-order valence-electron chi connectivity index (χ1n) is 14.2. The maximum absolute atomic E-state index is 13.5. The summed E-state index contributed by atoms with van der Waals surface area (Å²) in [6.45, 7) is 13.1. The number of carbonyl (C=O) groups is 2. The Bertz CT molecular complexity index is 1370. The fraction of sp³-hybridized carbons (Fsp3) is 0.438. The minimum atomic E-state index is -3.74. The van der Waals surface area contributed by atoms with Gasteiger partial charge in [0.2, 0.25) is 10.0 Å². The highest BCUT2D eigenvalue weighted by molar-refractivity contribution is 7.89. The van der Waals surface area contributed by atoms with Crippen LogP contribution >= 0.6 is 0 Å². The lowest BCUT2D eigenvalue weighted by Crippen LogP contribution is -2.40. The summed E-state index contributed by atoms with van der Waals surface area (Å²) < 4.78 is 29.9. The summed E-state index contributed by atoms with van der Waals surface area (Å²) in [6, 6.07) is 17.9. The Balaban J connectivity index is 0.000000708. The number of hydrogen-bond acceptors (Lipinski definition) is 5. The summed E-state index contributed by atoms with van der Waals surface area (Å²) >= 11 is 0. The lowest BCUT2D eigenvalue weighted by molar-refractivity contribution is -0.116. The number of aryl methyl sites for hydroxylation is 1. The first-order chi connectivity index (χ1) is 19.1. The predicted octanol–water partition coefficient (Wildman–Crippen LogP) is 6.47. The van der Waals surface area contributed by atoms with Crippen LogP contribution in [0.5, 0.6) is 0 Å².